The first-order chi connectivity index (χ1) is 11.7. The Bertz CT molecular complexity index is 298. The van der Waals surface area contributed by atoms with E-state index in [4.69, 9.17) is 0 Å². The Morgan fingerprint density at radius 1 is 0.667 bits per heavy atom. The fourth-order valence-electron chi connectivity index (χ4n) is 3.11. The van der Waals surface area contributed by atoms with Gasteiger partial charge in [-0.05, 0) is 19.3 Å². The van der Waals surface area contributed by atoms with Crippen LogP contribution in [0.5, 0.6) is 0 Å². The van der Waals surface area contributed by atoms with Crippen LogP contribution < -0.4 is 5.32 Å². The Hall–Kier alpha value is -0.790. The first-order valence-electron chi connectivity index (χ1n) is 10.6. The molecule has 0 aliphatic carbocycles. The fourth-order valence-corrected chi connectivity index (χ4v) is 3.11. The molecule has 1 amide bonds. The first kappa shape index (κ1) is 23.2. The average molecular weight is 338 g/mol. The number of amides is 1. The largest absolute Gasteiger partial charge is 0.359 e. The Balaban J connectivity index is 3.14. The third-order valence-electron chi connectivity index (χ3n) is 4.87. The molecule has 0 aromatic heterocycles. The van der Waals surface area contributed by atoms with Crippen LogP contribution in [-0.4, -0.2) is 13.0 Å². The Morgan fingerprint density at radius 2 is 1.08 bits per heavy atom. The molecule has 0 aromatic carbocycles. The Morgan fingerprint density at radius 3 is 1.50 bits per heavy atom. The van der Waals surface area contributed by atoms with E-state index in [1.165, 1.54) is 95.5 Å². The molecule has 0 aromatic rings. The van der Waals surface area contributed by atoms with Gasteiger partial charge in [-0.3, -0.25) is 4.79 Å². The second-order valence-electron chi connectivity index (χ2n) is 7.27. The Labute approximate surface area is 151 Å². The van der Waals surface area contributed by atoms with Crippen molar-refractivity contribution >= 4 is 5.91 Å². The molecular weight excluding hydrogens is 294 g/mol. The van der Waals surface area contributed by atoms with Crippen LogP contribution in [0.25, 0.3) is 0 Å². The van der Waals surface area contributed by atoms with Crippen molar-refractivity contribution in [2.45, 2.75) is 116 Å². The van der Waals surface area contributed by atoms with Crippen LogP contribution in [0.4, 0.5) is 0 Å². The normalized spacial score (nSPS) is 10.8. The molecule has 0 fully saturated rings. The highest BCUT2D eigenvalue weighted by molar-refractivity contribution is 5.75. The van der Waals surface area contributed by atoms with Gasteiger partial charge in [-0.2, -0.15) is 0 Å². The zero-order valence-electron chi connectivity index (χ0n) is 16.6. The third-order valence-corrected chi connectivity index (χ3v) is 4.87. The molecule has 0 atom stereocenters. The molecule has 0 heterocycles. The van der Waals surface area contributed by atoms with E-state index in [1.54, 1.807) is 7.05 Å². The van der Waals surface area contributed by atoms with Gasteiger partial charge < -0.3 is 5.32 Å². The summed E-state index contributed by atoms with van der Waals surface area (Å²) in [6, 6.07) is 0. The number of nitrogens with one attached hydrogen (secondary N) is 1. The molecule has 24 heavy (non-hydrogen) atoms. The topological polar surface area (TPSA) is 29.1 Å². The third kappa shape index (κ3) is 17.6. The van der Waals surface area contributed by atoms with Crippen LogP contribution in [-0.2, 0) is 4.79 Å². The summed E-state index contributed by atoms with van der Waals surface area (Å²) in [6.07, 6.45) is 22.1. The maximum absolute atomic E-state index is 11.2. The van der Waals surface area contributed by atoms with Crippen molar-refractivity contribution in [2.24, 2.45) is 0 Å². The summed E-state index contributed by atoms with van der Waals surface area (Å²) >= 11 is 0. The number of rotatable bonds is 18. The van der Waals surface area contributed by atoms with Gasteiger partial charge in [0.2, 0.25) is 5.91 Å². The molecule has 142 valence electrons. The van der Waals surface area contributed by atoms with Gasteiger partial charge >= 0.3 is 0 Å². The zero-order valence-corrected chi connectivity index (χ0v) is 16.6. The molecule has 0 rings (SSSR count). The number of hydrogen-bond donors (Lipinski definition) is 1. The van der Waals surface area contributed by atoms with Crippen LogP contribution in [0.3, 0.4) is 0 Å². The van der Waals surface area contributed by atoms with Crippen molar-refractivity contribution < 1.29 is 4.79 Å². The summed E-state index contributed by atoms with van der Waals surface area (Å²) in [4.78, 5) is 11.2. The highest BCUT2D eigenvalue weighted by atomic mass is 16.1. The zero-order chi connectivity index (χ0) is 17.9. The van der Waals surface area contributed by atoms with Crippen molar-refractivity contribution in [1.29, 1.82) is 0 Å². The summed E-state index contributed by atoms with van der Waals surface area (Å²) in [7, 11) is 1.69. The molecule has 0 spiro atoms. The molecule has 2 nitrogen and oxygen atoms in total. The molecule has 0 bridgehead atoms. The van der Waals surface area contributed by atoms with E-state index in [0.29, 0.717) is 6.42 Å². The molecule has 1 N–H and O–H groups in total. The maximum atomic E-state index is 11.2. The van der Waals surface area contributed by atoms with Crippen molar-refractivity contribution in [3.8, 4) is 0 Å². The fraction of sp³-hybridized carbons (Fsp3) is 0.864. The number of carbonyl (C=O) groups is 1. The number of carbonyl (C=O) groups excluding carboxylic acids is 1. The molecule has 0 saturated heterocycles. The number of hydrogen-bond acceptors (Lipinski definition) is 1. The Kier molecular flexibility index (Phi) is 17.9. The van der Waals surface area contributed by atoms with Crippen LogP contribution in [0, 0.1) is 0 Å². The lowest BCUT2D eigenvalue weighted by Gasteiger charge is -2.06. The quantitative estimate of drug-likeness (QED) is 0.213. The van der Waals surface area contributed by atoms with Crippen molar-refractivity contribution in [1.82, 2.24) is 5.32 Å². The van der Waals surface area contributed by atoms with Crippen LogP contribution in [0.1, 0.15) is 116 Å². The van der Waals surface area contributed by atoms with Crippen LogP contribution >= 0.6 is 0 Å². The van der Waals surface area contributed by atoms with E-state index in [-0.39, 0.29) is 5.91 Å². The van der Waals surface area contributed by atoms with Gasteiger partial charge in [-0.1, -0.05) is 103 Å². The lowest BCUT2D eigenvalue weighted by molar-refractivity contribution is -0.120. The summed E-state index contributed by atoms with van der Waals surface area (Å²) < 4.78 is 0. The lowest BCUT2D eigenvalue weighted by Crippen LogP contribution is -2.17. The summed E-state index contributed by atoms with van der Waals surface area (Å²) in [6.45, 7) is 6.36. The monoisotopic (exact) mass is 337 g/mol. The molecular formula is C22H43NO. The minimum Gasteiger partial charge on any atom is -0.359 e. The van der Waals surface area contributed by atoms with Gasteiger partial charge in [0.05, 0.1) is 0 Å². The van der Waals surface area contributed by atoms with Crippen LogP contribution in [0.2, 0.25) is 0 Å². The van der Waals surface area contributed by atoms with Gasteiger partial charge in [0, 0.05) is 13.5 Å². The van der Waals surface area contributed by atoms with Gasteiger partial charge in [-0.25, -0.2) is 0 Å². The smallest absolute Gasteiger partial charge is 0.220 e. The van der Waals surface area contributed by atoms with Crippen molar-refractivity contribution in [2.75, 3.05) is 7.05 Å². The summed E-state index contributed by atoms with van der Waals surface area (Å²) in [5.74, 6) is 0.122. The van der Waals surface area contributed by atoms with Gasteiger partial charge in [0.1, 0.15) is 0 Å². The number of allylic oxidation sites excluding steroid dienone is 1. The second kappa shape index (κ2) is 18.5. The van der Waals surface area contributed by atoms with Gasteiger partial charge in [0.25, 0.3) is 0 Å². The van der Waals surface area contributed by atoms with Crippen LogP contribution in [0.15, 0.2) is 12.2 Å². The average Bonchev–Trinajstić information content (AvgIpc) is 2.59. The number of unbranched alkanes of at least 4 members (excludes halogenated alkanes) is 13. The maximum Gasteiger partial charge on any atom is 0.220 e. The predicted octanol–water partition coefficient (Wildman–Crippen LogP) is 6.94. The minimum absolute atomic E-state index is 0.122. The van der Waals surface area contributed by atoms with Gasteiger partial charge in [0.15, 0.2) is 0 Å². The van der Waals surface area contributed by atoms with Crippen molar-refractivity contribution in [3.05, 3.63) is 12.2 Å². The summed E-state index contributed by atoms with van der Waals surface area (Å²) in [5.41, 5.74) is 1.23. The van der Waals surface area contributed by atoms with E-state index < -0.39 is 0 Å². The summed E-state index contributed by atoms with van der Waals surface area (Å²) in [5, 5.41) is 2.66. The minimum atomic E-state index is 0.122. The standard InChI is InChI=1S/C22H43NO/c1-4-5-6-7-8-9-10-11-12-13-14-15-16-17-18-21(2)19-20-22(24)23-3/h2,4-20H2,1,3H3,(H,23,24). The van der Waals surface area contributed by atoms with E-state index >= 15 is 0 Å². The SMILES string of the molecule is C=C(CCCCCCCCCCCCCCCC)CCC(=O)NC. The second-order valence-corrected chi connectivity index (χ2v) is 7.27. The highest BCUT2D eigenvalue weighted by Gasteiger charge is 2.00. The molecule has 0 aliphatic heterocycles. The molecule has 0 radical (unpaired) electrons. The molecule has 0 saturated carbocycles. The molecule has 2 heteroatoms. The lowest BCUT2D eigenvalue weighted by atomic mass is 10.0. The van der Waals surface area contributed by atoms with Crippen molar-refractivity contribution in [3.63, 3.8) is 0 Å². The van der Waals surface area contributed by atoms with E-state index in [9.17, 15) is 4.79 Å². The van der Waals surface area contributed by atoms with Gasteiger partial charge in [-0.15, -0.1) is 0 Å². The molecule has 0 unspecified atom stereocenters. The predicted molar refractivity (Wildman–Crippen MR) is 107 cm³/mol. The van der Waals surface area contributed by atoms with E-state index in [1.807, 2.05) is 0 Å². The van der Waals surface area contributed by atoms with E-state index in [0.717, 1.165) is 12.8 Å². The first-order valence-corrected chi connectivity index (χ1v) is 10.6. The molecule has 0 aliphatic rings. The van der Waals surface area contributed by atoms with E-state index in [2.05, 4.69) is 18.8 Å². The highest BCUT2D eigenvalue weighted by Crippen LogP contribution is 2.16.